The van der Waals surface area contributed by atoms with Crippen molar-refractivity contribution in [3.63, 3.8) is 0 Å². The Morgan fingerprint density at radius 3 is 2.65 bits per heavy atom. The highest BCUT2D eigenvalue weighted by Crippen LogP contribution is 2.28. The molecule has 1 atom stereocenters. The summed E-state index contributed by atoms with van der Waals surface area (Å²) in [6.07, 6.45) is 3.40. The van der Waals surface area contributed by atoms with E-state index in [0.717, 1.165) is 55.1 Å². The molecule has 3 aromatic rings. The van der Waals surface area contributed by atoms with Crippen LogP contribution in [-0.4, -0.2) is 36.0 Å². The molecule has 4 rings (SSSR count). The number of methoxy groups -OCH3 is 1. The first-order valence-electron chi connectivity index (χ1n) is 11.0. The Labute approximate surface area is 184 Å². The molecule has 4 heteroatoms. The SMILES string of the molecule is COc1cccc(CC(=O)N2CCCC(c3cc(Cc4ccccc4)cc(C)n3)C2)c1. The third kappa shape index (κ3) is 5.52. The molecule has 2 heterocycles. The molecule has 1 aliphatic rings. The van der Waals surface area contributed by atoms with E-state index < -0.39 is 0 Å². The number of carbonyl (C=O) groups is 1. The topological polar surface area (TPSA) is 42.4 Å². The third-order valence-corrected chi connectivity index (χ3v) is 5.97. The van der Waals surface area contributed by atoms with Gasteiger partial charge in [-0.25, -0.2) is 0 Å². The Hall–Kier alpha value is -3.14. The molecule has 1 amide bonds. The predicted molar refractivity (Wildman–Crippen MR) is 123 cm³/mol. The van der Waals surface area contributed by atoms with Crippen LogP contribution in [0.2, 0.25) is 0 Å². The fraction of sp³-hybridized carbons (Fsp3) is 0.333. The van der Waals surface area contributed by atoms with Crippen molar-refractivity contribution in [1.29, 1.82) is 0 Å². The predicted octanol–water partition coefficient (Wildman–Crippen LogP) is 4.94. The van der Waals surface area contributed by atoms with Crippen LogP contribution in [0, 0.1) is 6.92 Å². The van der Waals surface area contributed by atoms with Gasteiger partial charge in [-0.05, 0) is 67.1 Å². The average molecular weight is 415 g/mol. The van der Waals surface area contributed by atoms with Crippen LogP contribution < -0.4 is 4.74 Å². The quantitative estimate of drug-likeness (QED) is 0.574. The minimum Gasteiger partial charge on any atom is -0.497 e. The zero-order chi connectivity index (χ0) is 21.6. The number of carbonyl (C=O) groups excluding carboxylic acids is 1. The molecule has 1 saturated heterocycles. The molecule has 0 N–H and O–H groups in total. The van der Waals surface area contributed by atoms with Crippen molar-refractivity contribution >= 4 is 5.91 Å². The van der Waals surface area contributed by atoms with Crippen LogP contribution in [0.25, 0.3) is 0 Å². The van der Waals surface area contributed by atoms with Gasteiger partial charge in [0.25, 0.3) is 0 Å². The number of likely N-dealkylation sites (tertiary alicyclic amines) is 1. The largest absolute Gasteiger partial charge is 0.497 e. The van der Waals surface area contributed by atoms with Gasteiger partial charge in [-0.15, -0.1) is 0 Å². The minimum absolute atomic E-state index is 0.176. The number of ether oxygens (including phenoxy) is 1. The Bertz CT molecular complexity index is 1030. The first-order chi connectivity index (χ1) is 15.1. The second kappa shape index (κ2) is 9.78. The van der Waals surface area contributed by atoms with Gasteiger partial charge in [0, 0.05) is 30.4 Å². The van der Waals surface area contributed by atoms with Crippen molar-refractivity contribution in [2.75, 3.05) is 20.2 Å². The fourth-order valence-corrected chi connectivity index (χ4v) is 4.42. The molecule has 160 valence electrons. The van der Waals surface area contributed by atoms with E-state index in [9.17, 15) is 4.79 Å². The van der Waals surface area contributed by atoms with Crippen molar-refractivity contribution < 1.29 is 9.53 Å². The van der Waals surface area contributed by atoms with Crippen molar-refractivity contribution in [2.45, 2.75) is 38.5 Å². The summed E-state index contributed by atoms with van der Waals surface area (Å²) in [6, 6.07) is 22.7. The maximum atomic E-state index is 13.0. The van der Waals surface area contributed by atoms with Gasteiger partial charge in [-0.3, -0.25) is 9.78 Å². The maximum absolute atomic E-state index is 13.0. The van der Waals surface area contributed by atoms with Crippen LogP contribution >= 0.6 is 0 Å². The lowest BCUT2D eigenvalue weighted by molar-refractivity contribution is -0.131. The number of rotatable bonds is 6. The summed E-state index contributed by atoms with van der Waals surface area (Å²) in [5.41, 5.74) is 5.74. The number of benzene rings is 2. The second-order valence-corrected chi connectivity index (χ2v) is 8.41. The Balaban J connectivity index is 1.46. The molecule has 0 saturated carbocycles. The zero-order valence-electron chi connectivity index (χ0n) is 18.4. The highest BCUT2D eigenvalue weighted by atomic mass is 16.5. The first kappa shape index (κ1) is 21.1. The molecule has 0 radical (unpaired) electrons. The molecule has 0 spiro atoms. The normalized spacial score (nSPS) is 16.2. The molecule has 1 fully saturated rings. The summed E-state index contributed by atoms with van der Waals surface area (Å²) in [7, 11) is 1.65. The van der Waals surface area contributed by atoms with Crippen molar-refractivity contribution in [2.24, 2.45) is 0 Å². The Morgan fingerprint density at radius 1 is 1.03 bits per heavy atom. The monoisotopic (exact) mass is 414 g/mol. The molecule has 1 unspecified atom stereocenters. The minimum atomic E-state index is 0.176. The number of nitrogens with zero attached hydrogens (tertiary/aromatic N) is 2. The highest BCUT2D eigenvalue weighted by Gasteiger charge is 2.26. The van der Waals surface area contributed by atoms with E-state index in [-0.39, 0.29) is 11.8 Å². The molecule has 31 heavy (non-hydrogen) atoms. The van der Waals surface area contributed by atoms with E-state index in [4.69, 9.17) is 9.72 Å². The van der Waals surface area contributed by atoms with Crippen LogP contribution in [0.4, 0.5) is 0 Å². The molecule has 4 nitrogen and oxygen atoms in total. The number of hydrogen-bond donors (Lipinski definition) is 0. The summed E-state index contributed by atoms with van der Waals surface area (Å²) in [5, 5.41) is 0. The van der Waals surface area contributed by atoms with Gasteiger partial charge in [-0.2, -0.15) is 0 Å². The van der Waals surface area contributed by atoms with Crippen molar-refractivity contribution in [1.82, 2.24) is 9.88 Å². The average Bonchev–Trinajstić information content (AvgIpc) is 2.79. The highest BCUT2D eigenvalue weighted by molar-refractivity contribution is 5.79. The van der Waals surface area contributed by atoms with E-state index in [1.54, 1.807) is 7.11 Å². The van der Waals surface area contributed by atoms with Crippen molar-refractivity contribution in [3.05, 3.63) is 94.8 Å². The van der Waals surface area contributed by atoms with Gasteiger partial charge in [0.05, 0.1) is 13.5 Å². The lowest BCUT2D eigenvalue weighted by atomic mass is 9.92. The molecule has 0 aliphatic carbocycles. The van der Waals surface area contributed by atoms with Gasteiger partial charge in [0.15, 0.2) is 0 Å². The number of aryl methyl sites for hydroxylation is 1. The molecule has 0 bridgehead atoms. The van der Waals surface area contributed by atoms with Gasteiger partial charge in [-0.1, -0.05) is 42.5 Å². The first-order valence-corrected chi connectivity index (χ1v) is 11.0. The van der Waals surface area contributed by atoms with E-state index in [1.165, 1.54) is 11.1 Å². The van der Waals surface area contributed by atoms with Gasteiger partial charge in [0.2, 0.25) is 5.91 Å². The van der Waals surface area contributed by atoms with E-state index in [0.29, 0.717) is 6.42 Å². The molecular formula is C27H30N2O2. The summed E-state index contributed by atoms with van der Waals surface area (Å²) in [4.78, 5) is 19.8. The lowest BCUT2D eigenvalue weighted by Crippen LogP contribution is -2.40. The Kier molecular flexibility index (Phi) is 6.66. The van der Waals surface area contributed by atoms with Crippen LogP contribution in [-0.2, 0) is 17.6 Å². The van der Waals surface area contributed by atoms with Crippen molar-refractivity contribution in [3.8, 4) is 5.75 Å². The molecule has 2 aromatic carbocycles. The molecule has 1 aromatic heterocycles. The second-order valence-electron chi connectivity index (χ2n) is 8.41. The van der Waals surface area contributed by atoms with Crippen LogP contribution in [0.1, 0.15) is 46.8 Å². The summed E-state index contributed by atoms with van der Waals surface area (Å²) in [5.74, 6) is 1.25. The smallest absolute Gasteiger partial charge is 0.227 e. The zero-order valence-corrected chi connectivity index (χ0v) is 18.4. The molecule has 1 aliphatic heterocycles. The van der Waals surface area contributed by atoms with Gasteiger partial charge in [0.1, 0.15) is 5.75 Å². The van der Waals surface area contributed by atoms with Gasteiger partial charge >= 0.3 is 0 Å². The van der Waals surface area contributed by atoms with Crippen LogP contribution in [0.5, 0.6) is 5.75 Å². The third-order valence-electron chi connectivity index (χ3n) is 5.97. The van der Waals surface area contributed by atoms with Crippen LogP contribution in [0.15, 0.2) is 66.7 Å². The van der Waals surface area contributed by atoms with E-state index in [1.807, 2.05) is 35.2 Å². The number of pyridine rings is 1. The summed E-state index contributed by atoms with van der Waals surface area (Å²) < 4.78 is 5.29. The maximum Gasteiger partial charge on any atom is 0.227 e. The number of piperidine rings is 1. The number of aromatic nitrogens is 1. The van der Waals surface area contributed by atoms with E-state index >= 15 is 0 Å². The summed E-state index contributed by atoms with van der Waals surface area (Å²) >= 11 is 0. The van der Waals surface area contributed by atoms with E-state index in [2.05, 4.69) is 43.3 Å². The summed E-state index contributed by atoms with van der Waals surface area (Å²) in [6.45, 7) is 3.62. The number of amides is 1. The number of hydrogen-bond acceptors (Lipinski definition) is 3. The fourth-order valence-electron chi connectivity index (χ4n) is 4.42. The molecular weight excluding hydrogens is 384 g/mol. The standard InChI is InChI=1S/C27H30N2O2/c1-20-14-23(15-21-8-4-3-5-9-21)17-26(28-20)24-11-7-13-29(19-24)27(30)18-22-10-6-12-25(16-22)31-2/h3-6,8-10,12,14,16-17,24H,7,11,13,15,18-19H2,1-2H3. The van der Waals surface area contributed by atoms with Crippen LogP contribution in [0.3, 0.4) is 0 Å². The van der Waals surface area contributed by atoms with Gasteiger partial charge < -0.3 is 9.64 Å². The lowest BCUT2D eigenvalue weighted by Gasteiger charge is -2.33. The Morgan fingerprint density at radius 2 is 1.84 bits per heavy atom.